The molecule has 1 amide bonds. The monoisotopic (exact) mass is 345 g/mol. The van der Waals surface area contributed by atoms with Crippen LogP contribution in [0, 0.1) is 13.8 Å². The average Bonchev–Trinajstić information content (AvgIpc) is 2.56. The first-order valence-corrected chi connectivity index (χ1v) is 8.60. The number of hydrogen-bond acceptors (Lipinski definition) is 2. The van der Waals surface area contributed by atoms with Gasteiger partial charge in [-0.1, -0.05) is 41.9 Å². The zero-order valence-corrected chi connectivity index (χ0v) is 15.2. The van der Waals surface area contributed by atoms with Crippen LogP contribution in [0.2, 0.25) is 5.02 Å². The number of benzene rings is 2. The maximum absolute atomic E-state index is 12.2. The predicted octanol–water partition coefficient (Wildman–Crippen LogP) is 4.47. The second kappa shape index (κ2) is 8.74. The molecule has 1 N–H and O–H groups in total. The van der Waals surface area contributed by atoms with E-state index < -0.39 is 6.10 Å². The van der Waals surface area contributed by atoms with Crippen molar-refractivity contribution in [3.63, 3.8) is 0 Å². The van der Waals surface area contributed by atoms with Gasteiger partial charge in [0.25, 0.3) is 5.91 Å². The molecule has 0 aliphatic carbocycles. The Morgan fingerprint density at radius 3 is 2.71 bits per heavy atom. The van der Waals surface area contributed by atoms with E-state index in [0.717, 1.165) is 40.3 Å². The van der Waals surface area contributed by atoms with Gasteiger partial charge in [0.15, 0.2) is 6.10 Å². The summed E-state index contributed by atoms with van der Waals surface area (Å²) in [5.74, 6) is 0.656. The van der Waals surface area contributed by atoms with E-state index in [1.165, 1.54) is 0 Å². The minimum atomic E-state index is -0.522. The molecule has 24 heavy (non-hydrogen) atoms. The van der Waals surface area contributed by atoms with Crippen molar-refractivity contribution in [2.75, 3.05) is 6.54 Å². The van der Waals surface area contributed by atoms with Crippen molar-refractivity contribution in [3.8, 4) is 5.75 Å². The summed E-state index contributed by atoms with van der Waals surface area (Å²) in [6, 6.07) is 13.8. The van der Waals surface area contributed by atoms with Crippen molar-refractivity contribution in [1.82, 2.24) is 5.32 Å². The van der Waals surface area contributed by atoms with E-state index in [9.17, 15) is 4.79 Å². The highest BCUT2D eigenvalue weighted by atomic mass is 35.5. The summed E-state index contributed by atoms with van der Waals surface area (Å²) < 4.78 is 5.79. The summed E-state index contributed by atoms with van der Waals surface area (Å²) in [6.07, 6.45) is 1.16. The number of ether oxygens (including phenoxy) is 1. The Labute approximate surface area is 149 Å². The van der Waals surface area contributed by atoms with E-state index in [0.29, 0.717) is 6.54 Å². The maximum atomic E-state index is 12.2. The molecule has 2 aromatic rings. The van der Waals surface area contributed by atoms with Crippen LogP contribution in [-0.2, 0) is 11.2 Å². The van der Waals surface area contributed by atoms with Gasteiger partial charge in [0, 0.05) is 11.6 Å². The molecule has 0 saturated heterocycles. The number of hydrogen-bond donors (Lipinski definition) is 1. The topological polar surface area (TPSA) is 38.3 Å². The fourth-order valence-electron chi connectivity index (χ4n) is 2.41. The molecule has 0 heterocycles. The zero-order chi connectivity index (χ0) is 17.5. The Kier molecular flexibility index (Phi) is 6.68. The van der Waals surface area contributed by atoms with E-state index in [-0.39, 0.29) is 5.91 Å². The second-order valence-corrected chi connectivity index (χ2v) is 6.42. The number of carbonyl (C=O) groups is 1. The number of halogens is 1. The smallest absolute Gasteiger partial charge is 0.260 e. The quantitative estimate of drug-likeness (QED) is 0.752. The summed E-state index contributed by atoms with van der Waals surface area (Å²) in [5.41, 5.74) is 3.25. The highest BCUT2D eigenvalue weighted by Gasteiger charge is 2.15. The Hall–Kier alpha value is -2.00. The molecule has 0 aliphatic rings. The molecule has 2 aromatic carbocycles. The lowest BCUT2D eigenvalue weighted by molar-refractivity contribution is -0.127. The summed E-state index contributed by atoms with van der Waals surface area (Å²) in [4.78, 5) is 12.2. The summed E-state index contributed by atoms with van der Waals surface area (Å²) >= 11 is 6.13. The van der Waals surface area contributed by atoms with Crippen LogP contribution in [-0.4, -0.2) is 18.6 Å². The van der Waals surface area contributed by atoms with Crippen molar-refractivity contribution in [1.29, 1.82) is 0 Å². The molecule has 1 unspecified atom stereocenters. The van der Waals surface area contributed by atoms with Crippen LogP contribution in [0.3, 0.4) is 0 Å². The van der Waals surface area contributed by atoms with Crippen molar-refractivity contribution < 1.29 is 9.53 Å². The predicted molar refractivity (Wildman–Crippen MR) is 98.8 cm³/mol. The van der Waals surface area contributed by atoms with Crippen LogP contribution >= 0.6 is 11.6 Å². The van der Waals surface area contributed by atoms with Crippen LogP contribution < -0.4 is 10.1 Å². The lowest BCUT2D eigenvalue weighted by Crippen LogP contribution is -2.37. The Morgan fingerprint density at radius 1 is 1.21 bits per heavy atom. The minimum absolute atomic E-state index is 0.102. The molecular weight excluding hydrogens is 322 g/mol. The highest BCUT2D eigenvalue weighted by Crippen LogP contribution is 2.20. The fourth-order valence-corrected chi connectivity index (χ4v) is 2.64. The van der Waals surface area contributed by atoms with Crippen molar-refractivity contribution >= 4 is 17.5 Å². The zero-order valence-electron chi connectivity index (χ0n) is 14.4. The molecule has 3 nitrogen and oxygen atoms in total. The Morgan fingerprint density at radius 2 is 1.96 bits per heavy atom. The average molecular weight is 346 g/mol. The van der Waals surface area contributed by atoms with Gasteiger partial charge < -0.3 is 10.1 Å². The van der Waals surface area contributed by atoms with E-state index in [2.05, 4.69) is 5.32 Å². The molecule has 128 valence electrons. The second-order valence-electron chi connectivity index (χ2n) is 6.02. The number of amides is 1. The summed E-state index contributed by atoms with van der Waals surface area (Å²) in [7, 11) is 0. The highest BCUT2D eigenvalue weighted by molar-refractivity contribution is 6.31. The van der Waals surface area contributed by atoms with Gasteiger partial charge in [0.2, 0.25) is 0 Å². The van der Waals surface area contributed by atoms with Crippen molar-refractivity contribution in [2.45, 2.75) is 39.7 Å². The first-order chi connectivity index (χ1) is 11.5. The molecule has 2 rings (SSSR count). The van der Waals surface area contributed by atoms with Gasteiger partial charge in [0.1, 0.15) is 5.75 Å². The number of carbonyl (C=O) groups excluding carboxylic acids is 1. The minimum Gasteiger partial charge on any atom is -0.481 e. The molecule has 1 atom stereocenters. The number of rotatable bonds is 7. The lowest BCUT2D eigenvalue weighted by atomic mass is 10.1. The van der Waals surface area contributed by atoms with Crippen molar-refractivity contribution in [2.24, 2.45) is 0 Å². The van der Waals surface area contributed by atoms with Crippen LogP contribution in [0.15, 0.2) is 42.5 Å². The molecule has 0 bridgehead atoms. The SMILES string of the molecule is Cc1ccc(C)c(OC(C)C(=O)NCCCc2ccccc2Cl)c1. The van der Waals surface area contributed by atoms with Gasteiger partial charge >= 0.3 is 0 Å². The van der Waals surface area contributed by atoms with Gasteiger partial charge in [-0.05, 0) is 62.4 Å². The van der Waals surface area contributed by atoms with Gasteiger partial charge in [0.05, 0.1) is 0 Å². The largest absolute Gasteiger partial charge is 0.481 e. The van der Waals surface area contributed by atoms with E-state index in [1.54, 1.807) is 6.92 Å². The molecule has 4 heteroatoms. The van der Waals surface area contributed by atoms with Gasteiger partial charge in [-0.3, -0.25) is 4.79 Å². The van der Waals surface area contributed by atoms with E-state index >= 15 is 0 Å². The van der Waals surface area contributed by atoms with Gasteiger partial charge in [-0.15, -0.1) is 0 Å². The molecule has 0 aliphatic heterocycles. The molecule has 0 fully saturated rings. The molecule has 0 spiro atoms. The van der Waals surface area contributed by atoms with Crippen molar-refractivity contribution in [3.05, 3.63) is 64.2 Å². The van der Waals surface area contributed by atoms with Crippen LogP contribution in [0.4, 0.5) is 0 Å². The van der Waals surface area contributed by atoms with Crippen LogP contribution in [0.5, 0.6) is 5.75 Å². The number of nitrogens with one attached hydrogen (secondary N) is 1. The first-order valence-electron chi connectivity index (χ1n) is 8.22. The number of aryl methyl sites for hydroxylation is 3. The Bertz CT molecular complexity index is 700. The summed E-state index contributed by atoms with van der Waals surface area (Å²) in [5, 5.41) is 3.69. The molecule has 0 aromatic heterocycles. The standard InChI is InChI=1S/C20H24ClNO2/c1-14-10-11-15(2)19(13-14)24-16(3)20(23)22-12-6-8-17-7-4-5-9-18(17)21/h4-5,7,9-11,13,16H,6,8,12H2,1-3H3,(H,22,23). The summed E-state index contributed by atoms with van der Waals surface area (Å²) in [6.45, 7) is 6.35. The van der Waals surface area contributed by atoms with E-state index in [4.69, 9.17) is 16.3 Å². The normalized spacial score (nSPS) is 11.8. The van der Waals surface area contributed by atoms with Gasteiger partial charge in [-0.2, -0.15) is 0 Å². The van der Waals surface area contributed by atoms with Gasteiger partial charge in [-0.25, -0.2) is 0 Å². The molecule has 0 saturated carbocycles. The Balaban J connectivity index is 1.77. The van der Waals surface area contributed by atoms with E-state index in [1.807, 2.05) is 56.3 Å². The first kappa shape index (κ1) is 18.3. The van der Waals surface area contributed by atoms with Crippen LogP contribution in [0.1, 0.15) is 30.0 Å². The maximum Gasteiger partial charge on any atom is 0.260 e. The lowest BCUT2D eigenvalue weighted by Gasteiger charge is -2.16. The fraction of sp³-hybridized carbons (Fsp3) is 0.350. The third kappa shape index (κ3) is 5.27. The third-order valence-corrected chi connectivity index (χ3v) is 4.27. The molecular formula is C20H24ClNO2. The van der Waals surface area contributed by atoms with Crippen LogP contribution in [0.25, 0.3) is 0 Å². The molecule has 0 radical (unpaired) electrons. The third-order valence-electron chi connectivity index (χ3n) is 3.90.